The van der Waals surface area contributed by atoms with Crippen LogP contribution in [0.4, 0.5) is 5.69 Å². The van der Waals surface area contributed by atoms with E-state index in [4.69, 9.17) is 5.11 Å². The molecule has 1 rings (SSSR count). The van der Waals surface area contributed by atoms with E-state index >= 15 is 0 Å². The number of carboxylic acids is 1. The molecular weight excluding hydrogens is 206 g/mol. The predicted octanol–water partition coefficient (Wildman–Crippen LogP) is 1.68. The standard InChI is InChI=1S/C12H13NO3/c1-9(8-11(14)15)12(16)13(2)10-6-4-3-5-7-10/h3-8H,1-2H3,(H,14,15). The molecule has 0 saturated heterocycles. The Balaban J connectivity index is 2.87. The van der Waals surface area contributed by atoms with Crippen molar-refractivity contribution in [1.29, 1.82) is 0 Å². The molecule has 84 valence electrons. The highest BCUT2D eigenvalue weighted by molar-refractivity contribution is 6.07. The Labute approximate surface area is 93.8 Å². The van der Waals surface area contributed by atoms with Crippen LogP contribution in [0, 0.1) is 0 Å². The number of nitrogens with zero attached hydrogens (tertiary/aromatic N) is 1. The molecule has 0 fully saturated rings. The predicted molar refractivity (Wildman–Crippen MR) is 61.2 cm³/mol. The van der Waals surface area contributed by atoms with Gasteiger partial charge in [-0.25, -0.2) is 4.79 Å². The molecule has 0 radical (unpaired) electrons. The number of carboxylic acid groups (broad SMARTS) is 1. The van der Waals surface area contributed by atoms with Gasteiger partial charge in [0, 0.05) is 24.4 Å². The van der Waals surface area contributed by atoms with E-state index in [1.165, 1.54) is 11.8 Å². The Bertz CT molecular complexity index is 423. The van der Waals surface area contributed by atoms with Crippen molar-refractivity contribution in [3.8, 4) is 0 Å². The van der Waals surface area contributed by atoms with Crippen LogP contribution in [0.25, 0.3) is 0 Å². The third kappa shape index (κ3) is 2.95. The van der Waals surface area contributed by atoms with E-state index in [0.29, 0.717) is 0 Å². The summed E-state index contributed by atoms with van der Waals surface area (Å²) in [6.07, 6.45) is 0.905. The fraction of sp³-hybridized carbons (Fsp3) is 0.167. The number of carbonyl (C=O) groups excluding carboxylic acids is 1. The SMILES string of the molecule is CC(=CC(=O)O)C(=O)N(C)c1ccccc1. The summed E-state index contributed by atoms with van der Waals surface area (Å²) in [6.45, 7) is 1.48. The molecule has 4 nitrogen and oxygen atoms in total. The summed E-state index contributed by atoms with van der Waals surface area (Å²) < 4.78 is 0. The zero-order chi connectivity index (χ0) is 12.1. The van der Waals surface area contributed by atoms with Crippen molar-refractivity contribution in [2.45, 2.75) is 6.92 Å². The third-order valence-corrected chi connectivity index (χ3v) is 2.13. The summed E-state index contributed by atoms with van der Waals surface area (Å²) in [5, 5.41) is 8.54. The number of hydrogen-bond acceptors (Lipinski definition) is 2. The number of benzene rings is 1. The van der Waals surface area contributed by atoms with Crippen molar-refractivity contribution in [3.05, 3.63) is 42.0 Å². The molecule has 0 aliphatic rings. The zero-order valence-corrected chi connectivity index (χ0v) is 9.18. The summed E-state index contributed by atoms with van der Waals surface area (Å²) in [4.78, 5) is 23.6. The highest BCUT2D eigenvalue weighted by atomic mass is 16.4. The first-order valence-corrected chi connectivity index (χ1v) is 4.76. The number of aliphatic carboxylic acids is 1. The average Bonchev–Trinajstić information content (AvgIpc) is 2.27. The van der Waals surface area contributed by atoms with Crippen molar-refractivity contribution in [2.75, 3.05) is 11.9 Å². The van der Waals surface area contributed by atoms with E-state index in [0.717, 1.165) is 11.8 Å². The van der Waals surface area contributed by atoms with Crippen molar-refractivity contribution < 1.29 is 14.7 Å². The lowest BCUT2D eigenvalue weighted by molar-refractivity contribution is -0.131. The molecule has 16 heavy (non-hydrogen) atoms. The Morgan fingerprint density at radius 2 is 1.81 bits per heavy atom. The van der Waals surface area contributed by atoms with Crippen LogP contribution in [0.15, 0.2) is 42.0 Å². The van der Waals surface area contributed by atoms with Gasteiger partial charge >= 0.3 is 5.97 Å². The Morgan fingerprint density at radius 3 is 2.31 bits per heavy atom. The van der Waals surface area contributed by atoms with Crippen LogP contribution in [0.3, 0.4) is 0 Å². The number of para-hydroxylation sites is 1. The van der Waals surface area contributed by atoms with Gasteiger partial charge in [-0.05, 0) is 19.1 Å². The van der Waals surface area contributed by atoms with Gasteiger partial charge in [-0.15, -0.1) is 0 Å². The first kappa shape index (κ1) is 12.0. The summed E-state index contributed by atoms with van der Waals surface area (Å²) >= 11 is 0. The summed E-state index contributed by atoms with van der Waals surface area (Å²) in [5.74, 6) is -1.44. The van der Waals surface area contributed by atoms with Gasteiger partial charge in [0.2, 0.25) is 0 Å². The van der Waals surface area contributed by atoms with E-state index in [-0.39, 0.29) is 11.5 Å². The Kier molecular flexibility index (Phi) is 3.83. The van der Waals surface area contributed by atoms with Gasteiger partial charge in [-0.1, -0.05) is 18.2 Å². The maximum atomic E-state index is 11.8. The molecule has 1 aromatic carbocycles. The van der Waals surface area contributed by atoms with Crippen LogP contribution in [0.1, 0.15) is 6.92 Å². The zero-order valence-electron chi connectivity index (χ0n) is 9.18. The quantitative estimate of drug-likeness (QED) is 0.787. The average molecular weight is 219 g/mol. The minimum atomic E-state index is -1.12. The minimum Gasteiger partial charge on any atom is -0.478 e. The van der Waals surface area contributed by atoms with Crippen molar-refractivity contribution in [3.63, 3.8) is 0 Å². The van der Waals surface area contributed by atoms with Gasteiger partial charge < -0.3 is 10.0 Å². The molecule has 0 atom stereocenters. The molecule has 0 heterocycles. The van der Waals surface area contributed by atoms with Crippen LogP contribution < -0.4 is 4.90 Å². The number of rotatable bonds is 3. The molecule has 0 bridgehead atoms. The number of likely N-dealkylation sites (N-methyl/N-ethyl adjacent to an activating group) is 1. The summed E-state index contributed by atoms with van der Waals surface area (Å²) in [6, 6.07) is 9.05. The normalized spacial score (nSPS) is 11.0. The summed E-state index contributed by atoms with van der Waals surface area (Å²) in [5.41, 5.74) is 0.921. The van der Waals surface area contributed by atoms with Crippen LogP contribution >= 0.6 is 0 Å². The molecule has 0 aliphatic carbocycles. The number of carbonyl (C=O) groups is 2. The molecule has 1 aromatic rings. The van der Waals surface area contributed by atoms with E-state index in [2.05, 4.69) is 0 Å². The van der Waals surface area contributed by atoms with Crippen molar-refractivity contribution >= 4 is 17.6 Å². The highest BCUT2D eigenvalue weighted by Gasteiger charge is 2.13. The van der Waals surface area contributed by atoms with Crippen LogP contribution in [0.5, 0.6) is 0 Å². The largest absolute Gasteiger partial charge is 0.478 e. The second kappa shape index (κ2) is 5.11. The number of amides is 1. The summed E-state index contributed by atoms with van der Waals surface area (Å²) in [7, 11) is 1.61. The van der Waals surface area contributed by atoms with E-state index in [9.17, 15) is 9.59 Å². The topological polar surface area (TPSA) is 57.6 Å². The van der Waals surface area contributed by atoms with Crippen LogP contribution in [0.2, 0.25) is 0 Å². The van der Waals surface area contributed by atoms with E-state index < -0.39 is 5.97 Å². The molecule has 4 heteroatoms. The lowest BCUT2D eigenvalue weighted by Crippen LogP contribution is -2.27. The molecule has 1 amide bonds. The smallest absolute Gasteiger partial charge is 0.328 e. The lowest BCUT2D eigenvalue weighted by Gasteiger charge is -2.17. The Hall–Kier alpha value is -2.10. The fourth-order valence-corrected chi connectivity index (χ4v) is 1.28. The second-order valence-corrected chi connectivity index (χ2v) is 3.37. The lowest BCUT2D eigenvalue weighted by atomic mass is 10.2. The molecule has 0 unspecified atom stereocenters. The van der Waals surface area contributed by atoms with E-state index in [1.807, 2.05) is 18.2 Å². The maximum absolute atomic E-state index is 11.8. The van der Waals surface area contributed by atoms with Gasteiger partial charge in [0.1, 0.15) is 0 Å². The monoisotopic (exact) mass is 219 g/mol. The minimum absolute atomic E-state index is 0.193. The van der Waals surface area contributed by atoms with Crippen LogP contribution in [-0.2, 0) is 9.59 Å². The number of anilines is 1. The molecule has 1 N–H and O–H groups in total. The maximum Gasteiger partial charge on any atom is 0.328 e. The van der Waals surface area contributed by atoms with Crippen molar-refractivity contribution in [2.24, 2.45) is 0 Å². The van der Waals surface area contributed by atoms with Gasteiger partial charge in [-0.3, -0.25) is 4.79 Å². The molecule has 0 spiro atoms. The molecular formula is C12H13NO3. The third-order valence-electron chi connectivity index (χ3n) is 2.13. The first-order chi connectivity index (χ1) is 7.52. The molecule has 0 aliphatic heterocycles. The fourth-order valence-electron chi connectivity index (χ4n) is 1.28. The van der Waals surface area contributed by atoms with Gasteiger partial charge in [-0.2, -0.15) is 0 Å². The van der Waals surface area contributed by atoms with E-state index in [1.54, 1.807) is 19.2 Å². The van der Waals surface area contributed by atoms with Gasteiger partial charge in [0.15, 0.2) is 0 Å². The highest BCUT2D eigenvalue weighted by Crippen LogP contribution is 2.13. The van der Waals surface area contributed by atoms with Crippen LogP contribution in [-0.4, -0.2) is 24.0 Å². The van der Waals surface area contributed by atoms with Gasteiger partial charge in [0.25, 0.3) is 5.91 Å². The Morgan fingerprint density at radius 1 is 1.25 bits per heavy atom. The van der Waals surface area contributed by atoms with Gasteiger partial charge in [0.05, 0.1) is 0 Å². The second-order valence-electron chi connectivity index (χ2n) is 3.37. The first-order valence-electron chi connectivity index (χ1n) is 4.76. The van der Waals surface area contributed by atoms with Crippen molar-refractivity contribution in [1.82, 2.24) is 0 Å². The number of hydrogen-bond donors (Lipinski definition) is 1. The molecule has 0 aromatic heterocycles. The molecule has 0 saturated carbocycles.